The molecule has 0 atom stereocenters. The van der Waals surface area contributed by atoms with E-state index in [2.05, 4.69) is 86.7 Å². The lowest BCUT2D eigenvalue weighted by atomic mass is 9.81. The molecule has 6 heteroatoms. The van der Waals surface area contributed by atoms with Crippen molar-refractivity contribution >= 4 is 34.4 Å². The molecule has 2 heterocycles. The molecule has 166 valence electrons. The second kappa shape index (κ2) is 7.89. The predicted octanol–water partition coefficient (Wildman–Crippen LogP) is 6.08. The average molecular weight is 451 g/mol. The molecular weight excluding hydrogens is 422 g/mol. The van der Waals surface area contributed by atoms with Crippen molar-refractivity contribution in [2.45, 2.75) is 38.5 Å². The molecule has 0 saturated carbocycles. The van der Waals surface area contributed by atoms with Gasteiger partial charge in [-0.3, -0.25) is 10.1 Å². The number of rotatable bonds is 5. The summed E-state index contributed by atoms with van der Waals surface area (Å²) >= 11 is 6.13. The molecule has 2 aliphatic heterocycles. The van der Waals surface area contributed by atoms with E-state index in [0.29, 0.717) is 12.4 Å². The third-order valence-electron chi connectivity index (χ3n) is 6.84. The van der Waals surface area contributed by atoms with Crippen LogP contribution < -0.4 is 4.90 Å². The zero-order valence-electron chi connectivity index (χ0n) is 19.2. The largest absolute Gasteiger partial charge is 0.343 e. The van der Waals surface area contributed by atoms with Crippen LogP contribution in [0.3, 0.4) is 0 Å². The Hall–Kier alpha value is -2.92. The van der Waals surface area contributed by atoms with E-state index < -0.39 is 0 Å². The number of hydrogen-bond donors (Lipinski definition) is 0. The number of halogens is 1. The number of benzene rings is 2. The molecule has 2 aromatic carbocycles. The Morgan fingerprint density at radius 1 is 1.09 bits per heavy atom. The number of nitrogens with zero attached hydrogens (tertiary/aromatic N) is 3. The lowest BCUT2D eigenvalue weighted by molar-refractivity contribution is -0.401. The van der Waals surface area contributed by atoms with E-state index in [1.165, 1.54) is 17.0 Å². The lowest BCUT2D eigenvalue weighted by Crippen LogP contribution is -2.28. The summed E-state index contributed by atoms with van der Waals surface area (Å²) < 4.78 is 2.25. The first kappa shape index (κ1) is 22.3. The van der Waals surface area contributed by atoms with E-state index in [-0.39, 0.29) is 21.4 Å². The van der Waals surface area contributed by atoms with Gasteiger partial charge in [-0.2, -0.15) is 4.58 Å². The number of allylic oxidation sites excluding steroid dienone is 4. The number of hydrogen-bond acceptors (Lipinski definition) is 3. The van der Waals surface area contributed by atoms with Crippen molar-refractivity contribution in [1.82, 2.24) is 0 Å². The van der Waals surface area contributed by atoms with Crippen molar-refractivity contribution < 1.29 is 9.50 Å². The van der Waals surface area contributed by atoms with Crippen molar-refractivity contribution in [1.29, 1.82) is 0 Å². The molecule has 4 rings (SSSR count). The summed E-state index contributed by atoms with van der Waals surface area (Å²) in [5, 5.41) is 11.3. The second-order valence-corrected chi connectivity index (χ2v) is 9.80. The van der Waals surface area contributed by atoms with Crippen molar-refractivity contribution in [2.24, 2.45) is 0 Å². The summed E-state index contributed by atoms with van der Waals surface area (Å²) in [6.45, 7) is 9.35. The third kappa shape index (κ3) is 3.36. The Bertz CT molecular complexity index is 1190. The van der Waals surface area contributed by atoms with Crippen molar-refractivity contribution in [3.63, 3.8) is 0 Å². The maximum absolute atomic E-state index is 11.3. The fourth-order valence-corrected chi connectivity index (χ4v) is 5.30. The highest BCUT2D eigenvalue weighted by atomic mass is 35.5. The maximum Gasteiger partial charge on any atom is 0.269 e. The third-order valence-corrected chi connectivity index (χ3v) is 7.01. The topological polar surface area (TPSA) is 49.4 Å². The van der Waals surface area contributed by atoms with E-state index in [0.717, 1.165) is 16.9 Å². The van der Waals surface area contributed by atoms with Crippen LogP contribution in [0.2, 0.25) is 0 Å². The molecule has 0 amide bonds. The van der Waals surface area contributed by atoms with Crippen molar-refractivity contribution in [2.75, 3.05) is 24.4 Å². The van der Waals surface area contributed by atoms with Gasteiger partial charge in [0.25, 0.3) is 5.69 Å². The Balaban J connectivity index is 1.74. The molecule has 0 N–H and O–H groups in total. The van der Waals surface area contributed by atoms with Gasteiger partial charge in [-0.05, 0) is 31.6 Å². The first-order valence-electron chi connectivity index (χ1n) is 10.8. The summed E-state index contributed by atoms with van der Waals surface area (Å²) in [5.41, 5.74) is 6.45. The maximum atomic E-state index is 11.3. The highest BCUT2D eigenvalue weighted by Gasteiger charge is 2.43. The highest BCUT2D eigenvalue weighted by molar-refractivity contribution is 6.18. The van der Waals surface area contributed by atoms with Gasteiger partial charge in [0.05, 0.1) is 10.3 Å². The quantitative estimate of drug-likeness (QED) is 0.240. The Morgan fingerprint density at radius 2 is 1.81 bits per heavy atom. The molecule has 0 aromatic heterocycles. The SMILES string of the molecule is C[N+]1=C(C=CC=C2N(CCCl)c3ccc([N+](=O)[O-])cc3C2(C)C)C(C)(C)c2ccccc21. The molecule has 0 unspecified atom stereocenters. The molecule has 0 aliphatic carbocycles. The zero-order chi connectivity index (χ0) is 23.3. The monoisotopic (exact) mass is 450 g/mol. The molecule has 2 aliphatic rings. The molecular formula is C26H29ClN3O2+. The van der Waals surface area contributed by atoms with Gasteiger partial charge in [0.15, 0.2) is 5.71 Å². The number of non-ortho nitro benzene ring substituents is 1. The van der Waals surface area contributed by atoms with Gasteiger partial charge in [0, 0.05) is 59.1 Å². The molecule has 0 spiro atoms. The molecule has 2 aromatic rings. The fourth-order valence-electron chi connectivity index (χ4n) is 5.13. The van der Waals surface area contributed by atoms with Gasteiger partial charge in [-0.25, -0.2) is 0 Å². The molecule has 0 bridgehead atoms. The van der Waals surface area contributed by atoms with E-state index >= 15 is 0 Å². The van der Waals surface area contributed by atoms with Crippen LogP contribution in [-0.4, -0.2) is 34.7 Å². The molecule has 0 fully saturated rings. The summed E-state index contributed by atoms with van der Waals surface area (Å²) in [7, 11) is 2.11. The van der Waals surface area contributed by atoms with Gasteiger partial charge in [-0.1, -0.05) is 38.1 Å². The average Bonchev–Trinajstić information content (AvgIpc) is 3.08. The van der Waals surface area contributed by atoms with Crippen LogP contribution in [0.4, 0.5) is 17.1 Å². The highest BCUT2D eigenvalue weighted by Crippen LogP contribution is 2.49. The van der Waals surface area contributed by atoms with E-state index in [1.54, 1.807) is 12.1 Å². The van der Waals surface area contributed by atoms with E-state index in [4.69, 9.17) is 11.6 Å². The molecule has 0 radical (unpaired) electrons. The van der Waals surface area contributed by atoms with E-state index in [9.17, 15) is 10.1 Å². The van der Waals surface area contributed by atoms with Crippen molar-refractivity contribution in [3.8, 4) is 0 Å². The summed E-state index contributed by atoms with van der Waals surface area (Å²) in [5.74, 6) is 0.468. The van der Waals surface area contributed by atoms with Gasteiger partial charge in [0.1, 0.15) is 7.05 Å². The number of para-hydroxylation sites is 1. The van der Waals surface area contributed by atoms with Crippen LogP contribution in [0.15, 0.2) is 66.4 Å². The molecule has 32 heavy (non-hydrogen) atoms. The van der Waals surface area contributed by atoms with E-state index in [1.807, 2.05) is 6.07 Å². The zero-order valence-corrected chi connectivity index (χ0v) is 20.0. The van der Waals surface area contributed by atoms with Crippen LogP contribution in [0.1, 0.15) is 38.8 Å². The number of nitro groups is 1. The summed E-state index contributed by atoms with van der Waals surface area (Å²) in [6.07, 6.45) is 6.39. The minimum atomic E-state index is -0.373. The Kier molecular flexibility index (Phi) is 5.49. The minimum Gasteiger partial charge on any atom is -0.343 e. The lowest BCUT2D eigenvalue weighted by Gasteiger charge is -2.26. The van der Waals surface area contributed by atoms with Crippen LogP contribution in [0.5, 0.6) is 0 Å². The van der Waals surface area contributed by atoms with Gasteiger partial charge < -0.3 is 4.90 Å². The number of fused-ring (bicyclic) bond motifs is 2. The second-order valence-electron chi connectivity index (χ2n) is 9.42. The number of alkyl halides is 1. The smallest absolute Gasteiger partial charge is 0.269 e. The van der Waals surface area contributed by atoms with Gasteiger partial charge >= 0.3 is 0 Å². The predicted molar refractivity (Wildman–Crippen MR) is 132 cm³/mol. The first-order valence-corrected chi connectivity index (χ1v) is 11.4. The van der Waals surface area contributed by atoms with Gasteiger partial charge in [-0.15, -0.1) is 11.6 Å². The first-order chi connectivity index (χ1) is 15.1. The molecule has 5 nitrogen and oxygen atoms in total. The van der Waals surface area contributed by atoms with Gasteiger partial charge in [0.2, 0.25) is 5.69 Å². The fraction of sp³-hybridized carbons (Fsp3) is 0.346. The minimum absolute atomic E-state index is 0.0923. The normalized spacial score (nSPS) is 19.7. The van der Waals surface area contributed by atoms with Crippen LogP contribution in [0, 0.1) is 10.1 Å². The van der Waals surface area contributed by atoms with Crippen molar-refractivity contribution in [3.05, 3.63) is 87.6 Å². The summed E-state index contributed by atoms with van der Waals surface area (Å²) in [4.78, 5) is 13.2. The Morgan fingerprint density at radius 3 is 2.47 bits per heavy atom. The Labute approximate surface area is 194 Å². The number of nitro benzene ring substituents is 1. The van der Waals surface area contributed by atoms with Crippen LogP contribution in [-0.2, 0) is 10.8 Å². The van der Waals surface area contributed by atoms with Crippen LogP contribution >= 0.6 is 11.6 Å². The number of anilines is 1. The summed E-state index contributed by atoms with van der Waals surface area (Å²) in [6, 6.07) is 13.6. The van der Waals surface area contributed by atoms with Crippen LogP contribution in [0.25, 0.3) is 0 Å². The molecule has 0 saturated heterocycles. The standard InChI is InChI=1S/C26H29ClN3O2/c1-25(2)19-9-6-7-10-21(19)28(5)23(25)11-8-12-24-26(3,4)20-17-18(30(31)32)13-14-22(20)29(24)16-15-27/h6-14,17H,15-16H2,1-5H3/q+1.